The Hall–Kier alpha value is -3.32. The van der Waals surface area contributed by atoms with E-state index in [0.29, 0.717) is 42.2 Å². The van der Waals surface area contributed by atoms with Crippen LogP contribution in [0.1, 0.15) is 36.1 Å². The van der Waals surface area contributed by atoms with Gasteiger partial charge in [-0.15, -0.1) is 0 Å². The van der Waals surface area contributed by atoms with Crippen molar-refractivity contribution in [2.75, 3.05) is 40.9 Å². The molecule has 2 aromatic carbocycles. The van der Waals surface area contributed by atoms with Crippen molar-refractivity contribution in [3.8, 4) is 11.5 Å². The lowest BCUT2D eigenvalue weighted by Gasteiger charge is -2.27. The fraction of sp³-hybridized carbons (Fsp3) is 0.385. The van der Waals surface area contributed by atoms with Crippen LogP contribution in [0, 0.1) is 6.92 Å². The van der Waals surface area contributed by atoms with E-state index in [1.54, 1.807) is 30.2 Å². The van der Waals surface area contributed by atoms with Crippen LogP contribution in [0.15, 0.2) is 48.0 Å². The van der Waals surface area contributed by atoms with Gasteiger partial charge in [-0.25, -0.2) is 0 Å². The average Bonchev–Trinajstić information content (AvgIpc) is 3.04. The molecule has 1 aliphatic rings. The van der Waals surface area contributed by atoms with Gasteiger partial charge >= 0.3 is 0 Å². The molecule has 0 spiro atoms. The highest BCUT2D eigenvalue weighted by atomic mass is 16.5. The number of aliphatic hydroxyl groups excluding tert-OH is 1. The van der Waals surface area contributed by atoms with Gasteiger partial charge in [0.25, 0.3) is 11.7 Å². The van der Waals surface area contributed by atoms with Crippen LogP contribution in [0.5, 0.6) is 11.5 Å². The topological polar surface area (TPSA) is 79.3 Å². The van der Waals surface area contributed by atoms with Crippen LogP contribution in [0.2, 0.25) is 0 Å². The summed E-state index contributed by atoms with van der Waals surface area (Å²) < 4.78 is 11.1. The zero-order valence-electron chi connectivity index (χ0n) is 19.9. The molecular weight excluding hydrogens is 420 g/mol. The fourth-order valence-corrected chi connectivity index (χ4v) is 4.16. The molecule has 0 unspecified atom stereocenters. The molecule has 33 heavy (non-hydrogen) atoms. The molecule has 1 heterocycles. The van der Waals surface area contributed by atoms with Gasteiger partial charge in [-0.3, -0.25) is 9.59 Å². The summed E-state index contributed by atoms with van der Waals surface area (Å²) in [6.45, 7) is 5.29. The van der Waals surface area contributed by atoms with E-state index in [0.717, 1.165) is 12.1 Å². The predicted octanol–water partition coefficient (Wildman–Crippen LogP) is 3.78. The molecule has 7 heteroatoms. The standard InChI is InChI=1S/C26H32N2O5/c1-6-33-21-11-8-7-10-20(21)23-22(24(29)19-13-12-18(32-5)16-17(19)2)25(30)26(31)28(23)15-9-14-27(3)4/h7-8,10-13,16,23,29H,6,9,14-15H2,1-5H3/t23-/m0/s1. The van der Waals surface area contributed by atoms with Crippen LogP contribution in [-0.4, -0.2) is 67.5 Å². The number of aliphatic hydroxyl groups is 1. The van der Waals surface area contributed by atoms with Gasteiger partial charge in [-0.1, -0.05) is 18.2 Å². The van der Waals surface area contributed by atoms with Crippen LogP contribution in [0.4, 0.5) is 0 Å². The molecule has 1 N–H and O–H groups in total. The summed E-state index contributed by atoms with van der Waals surface area (Å²) in [5, 5.41) is 11.3. The number of ketones is 1. The predicted molar refractivity (Wildman–Crippen MR) is 128 cm³/mol. The molecule has 1 amide bonds. The number of para-hydroxylation sites is 1. The van der Waals surface area contributed by atoms with E-state index in [4.69, 9.17) is 9.47 Å². The number of benzene rings is 2. The number of hydrogen-bond acceptors (Lipinski definition) is 6. The van der Waals surface area contributed by atoms with E-state index >= 15 is 0 Å². The summed E-state index contributed by atoms with van der Waals surface area (Å²) in [7, 11) is 5.49. The normalized spacial score (nSPS) is 17.6. The molecule has 1 aliphatic heterocycles. The summed E-state index contributed by atoms with van der Waals surface area (Å²) in [5.74, 6) is -0.269. The Labute approximate surface area is 195 Å². The quantitative estimate of drug-likeness (QED) is 0.354. The molecule has 0 radical (unpaired) electrons. The summed E-state index contributed by atoms with van der Waals surface area (Å²) in [6, 6.07) is 11.8. The van der Waals surface area contributed by atoms with E-state index in [2.05, 4.69) is 0 Å². The van der Waals surface area contributed by atoms with Crippen LogP contribution in [0.25, 0.3) is 5.76 Å². The largest absolute Gasteiger partial charge is 0.507 e. The van der Waals surface area contributed by atoms with Gasteiger partial charge in [0, 0.05) is 17.7 Å². The summed E-state index contributed by atoms with van der Waals surface area (Å²) in [6.07, 6.45) is 0.689. The highest BCUT2D eigenvalue weighted by molar-refractivity contribution is 6.46. The van der Waals surface area contributed by atoms with Crippen molar-refractivity contribution < 1.29 is 24.2 Å². The average molecular weight is 453 g/mol. The Balaban J connectivity index is 2.17. The number of aryl methyl sites for hydroxylation is 1. The number of ether oxygens (including phenoxy) is 2. The molecular formula is C26H32N2O5. The number of carbonyl (C=O) groups excluding carboxylic acids is 2. The maximum atomic E-state index is 13.2. The smallest absolute Gasteiger partial charge is 0.295 e. The molecule has 0 saturated carbocycles. The number of Topliss-reactive ketones (excluding diaryl/α,β-unsaturated/α-hetero) is 1. The third kappa shape index (κ3) is 5.03. The van der Waals surface area contributed by atoms with E-state index in [1.165, 1.54) is 0 Å². The molecule has 3 rings (SSSR count). The molecule has 2 aromatic rings. The minimum Gasteiger partial charge on any atom is -0.507 e. The van der Waals surface area contributed by atoms with Crippen LogP contribution in [0.3, 0.4) is 0 Å². The van der Waals surface area contributed by atoms with Crippen LogP contribution in [-0.2, 0) is 9.59 Å². The maximum Gasteiger partial charge on any atom is 0.295 e. The van der Waals surface area contributed by atoms with E-state index < -0.39 is 17.7 Å². The monoisotopic (exact) mass is 452 g/mol. The molecule has 1 atom stereocenters. The van der Waals surface area contributed by atoms with Gasteiger partial charge in [0.1, 0.15) is 17.3 Å². The number of nitrogens with zero attached hydrogens (tertiary/aromatic N) is 2. The first kappa shape index (κ1) is 24.3. The lowest BCUT2D eigenvalue weighted by Crippen LogP contribution is -2.32. The number of rotatable bonds is 9. The number of carbonyl (C=O) groups is 2. The summed E-state index contributed by atoms with van der Waals surface area (Å²) >= 11 is 0. The molecule has 1 saturated heterocycles. The molecule has 1 fully saturated rings. The molecule has 0 aliphatic carbocycles. The second-order valence-electron chi connectivity index (χ2n) is 8.30. The van der Waals surface area contributed by atoms with Crippen molar-refractivity contribution in [1.29, 1.82) is 0 Å². The Morgan fingerprint density at radius 1 is 1.15 bits per heavy atom. The highest BCUT2D eigenvalue weighted by Gasteiger charge is 2.46. The van der Waals surface area contributed by atoms with Crippen molar-refractivity contribution in [3.63, 3.8) is 0 Å². The highest BCUT2D eigenvalue weighted by Crippen LogP contribution is 2.43. The summed E-state index contributed by atoms with van der Waals surface area (Å²) in [5.41, 5.74) is 1.98. The van der Waals surface area contributed by atoms with Gasteiger partial charge in [0.15, 0.2) is 0 Å². The number of hydrogen-bond donors (Lipinski definition) is 1. The Kier molecular flexibility index (Phi) is 7.76. The molecule has 0 bridgehead atoms. The first-order valence-electron chi connectivity index (χ1n) is 11.1. The van der Waals surface area contributed by atoms with Crippen molar-refractivity contribution >= 4 is 17.4 Å². The van der Waals surface area contributed by atoms with Crippen molar-refractivity contribution in [2.45, 2.75) is 26.3 Å². The second-order valence-corrected chi connectivity index (χ2v) is 8.30. The Morgan fingerprint density at radius 2 is 1.88 bits per heavy atom. The Bertz CT molecular complexity index is 1060. The van der Waals surface area contributed by atoms with E-state index in [-0.39, 0.29) is 11.3 Å². The lowest BCUT2D eigenvalue weighted by atomic mass is 9.93. The minimum absolute atomic E-state index is 0.0743. The lowest BCUT2D eigenvalue weighted by molar-refractivity contribution is -0.140. The second kappa shape index (κ2) is 10.5. The van der Waals surface area contributed by atoms with E-state index in [9.17, 15) is 14.7 Å². The van der Waals surface area contributed by atoms with Gasteiger partial charge in [0.2, 0.25) is 0 Å². The third-order valence-electron chi connectivity index (χ3n) is 5.75. The van der Waals surface area contributed by atoms with E-state index in [1.807, 2.05) is 57.1 Å². The Morgan fingerprint density at radius 3 is 2.52 bits per heavy atom. The maximum absolute atomic E-state index is 13.2. The van der Waals surface area contributed by atoms with Gasteiger partial charge in [-0.2, -0.15) is 0 Å². The number of amides is 1. The minimum atomic E-state index is -0.739. The van der Waals surface area contributed by atoms with Crippen molar-refractivity contribution in [3.05, 3.63) is 64.7 Å². The number of methoxy groups -OCH3 is 1. The van der Waals surface area contributed by atoms with Crippen LogP contribution >= 0.6 is 0 Å². The summed E-state index contributed by atoms with van der Waals surface area (Å²) in [4.78, 5) is 29.9. The van der Waals surface area contributed by atoms with Crippen LogP contribution < -0.4 is 9.47 Å². The van der Waals surface area contributed by atoms with Gasteiger partial charge in [-0.05, 0) is 70.7 Å². The molecule has 176 valence electrons. The third-order valence-corrected chi connectivity index (χ3v) is 5.75. The number of likely N-dealkylation sites (tertiary alicyclic amines) is 1. The van der Waals surface area contributed by atoms with Gasteiger partial charge < -0.3 is 24.4 Å². The molecule has 0 aromatic heterocycles. The van der Waals surface area contributed by atoms with Gasteiger partial charge in [0.05, 0.1) is 25.3 Å². The van der Waals surface area contributed by atoms with Crippen molar-refractivity contribution in [1.82, 2.24) is 9.80 Å². The fourth-order valence-electron chi connectivity index (χ4n) is 4.16. The zero-order chi connectivity index (χ0) is 24.1. The zero-order valence-corrected chi connectivity index (χ0v) is 19.9. The first-order valence-corrected chi connectivity index (χ1v) is 11.1. The first-order chi connectivity index (χ1) is 15.8. The molecule has 7 nitrogen and oxygen atoms in total. The van der Waals surface area contributed by atoms with Crippen molar-refractivity contribution in [2.24, 2.45) is 0 Å². The SMILES string of the molecule is CCOc1ccccc1[C@H]1C(=C(O)c2ccc(OC)cc2C)C(=O)C(=O)N1CCCN(C)C.